The minimum Gasteiger partial charge on any atom is -0.466 e. The first-order valence-electron chi connectivity index (χ1n) is 35.9. The third kappa shape index (κ3) is 65.0. The Morgan fingerprint density at radius 1 is 0.350 bits per heavy atom. The SMILES string of the molecule is CCCCCCCC/C=C\CCCCCCCCCCCC(=O)OCCCCCCCCCCC/C=C\C/C=C\CCCCCCCCCCCCCCCCCCCC(=O)NC(CO)C(O)/C=C/CCCCCCCCCCC. The molecule has 1 amide bonds. The molecule has 0 saturated carbocycles. The molecule has 80 heavy (non-hydrogen) atoms. The van der Waals surface area contributed by atoms with E-state index in [9.17, 15) is 19.8 Å². The highest BCUT2D eigenvalue weighted by molar-refractivity contribution is 5.76. The number of ether oxygens (including phenoxy) is 1. The quantitative estimate of drug-likeness (QED) is 0.0320. The molecule has 0 saturated heterocycles. The van der Waals surface area contributed by atoms with Gasteiger partial charge in [-0.2, -0.15) is 0 Å². The van der Waals surface area contributed by atoms with Crippen LogP contribution in [0.3, 0.4) is 0 Å². The van der Waals surface area contributed by atoms with Gasteiger partial charge in [-0.05, 0) is 89.9 Å². The molecule has 0 rings (SSSR count). The van der Waals surface area contributed by atoms with E-state index in [4.69, 9.17) is 4.74 Å². The smallest absolute Gasteiger partial charge is 0.305 e. The van der Waals surface area contributed by atoms with Gasteiger partial charge in [-0.15, -0.1) is 0 Å². The van der Waals surface area contributed by atoms with Gasteiger partial charge in [0.15, 0.2) is 0 Å². The van der Waals surface area contributed by atoms with Gasteiger partial charge in [0.25, 0.3) is 0 Å². The van der Waals surface area contributed by atoms with Crippen LogP contribution in [-0.2, 0) is 14.3 Å². The summed E-state index contributed by atoms with van der Waals surface area (Å²) in [5, 5.41) is 23.1. The number of allylic oxidation sites excluding steroid dienone is 7. The molecule has 0 heterocycles. The van der Waals surface area contributed by atoms with E-state index in [0.29, 0.717) is 19.4 Å². The Kier molecular flexibility index (Phi) is 67.4. The molecule has 2 unspecified atom stereocenters. The molecule has 0 aliphatic carbocycles. The monoisotopic (exact) mass is 1120 g/mol. The Bertz CT molecular complexity index is 1340. The predicted molar refractivity (Wildman–Crippen MR) is 352 cm³/mol. The first-order chi connectivity index (χ1) is 39.5. The van der Waals surface area contributed by atoms with Gasteiger partial charge in [0.1, 0.15) is 0 Å². The van der Waals surface area contributed by atoms with E-state index in [-0.39, 0.29) is 18.5 Å². The van der Waals surface area contributed by atoms with Gasteiger partial charge in [0.05, 0.1) is 25.4 Å². The summed E-state index contributed by atoms with van der Waals surface area (Å²) in [6, 6.07) is -0.625. The molecule has 0 fully saturated rings. The lowest BCUT2D eigenvalue weighted by atomic mass is 10.0. The van der Waals surface area contributed by atoms with Gasteiger partial charge in [-0.1, -0.05) is 332 Å². The van der Waals surface area contributed by atoms with Crippen molar-refractivity contribution in [2.75, 3.05) is 13.2 Å². The molecular weight excluding hydrogens is 983 g/mol. The summed E-state index contributed by atoms with van der Waals surface area (Å²) in [5.41, 5.74) is 0. The van der Waals surface area contributed by atoms with Crippen molar-refractivity contribution in [3.05, 3.63) is 48.6 Å². The molecule has 2 atom stereocenters. The van der Waals surface area contributed by atoms with Crippen molar-refractivity contribution < 1.29 is 24.5 Å². The maximum Gasteiger partial charge on any atom is 0.305 e. The second kappa shape index (κ2) is 69.3. The normalized spacial score (nSPS) is 12.8. The first kappa shape index (κ1) is 77.8. The number of hydrogen-bond donors (Lipinski definition) is 3. The second-order valence-electron chi connectivity index (χ2n) is 24.6. The maximum absolute atomic E-state index is 12.4. The van der Waals surface area contributed by atoms with E-state index in [1.807, 2.05) is 6.08 Å². The zero-order valence-corrected chi connectivity index (χ0v) is 53.8. The van der Waals surface area contributed by atoms with Crippen LogP contribution in [0.25, 0.3) is 0 Å². The molecule has 6 heteroatoms. The molecule has 6 nitrogen and oxygen atoms in total. The van der Waals surface area contributed by atoms with Crippen molar-refractivity contribution in [2.45, 2.75) is 398 Å². The van der Waals surface area contributed by atoms with Crippen molar-refractivity contribution in [3.63, 3.8) is 0 Å². The summed E-state index contributed by atoms with van der Waals surface area (Å²) in [5.74, 6) is -0.0528. The number of hydrogen-bond acceptors (Lipinski definition) is 5. The van der Waals surface area contributed by atoms with Crippen LogP contribution in [-0.4, -0.2) is 47.4 Å². The number of rotatable bonds is 67. The second-order valence-corrected chi connectivity index (χ2v) is 24.6. The molecule has 0 aliphatic rings. The third-order valence-electron chi connectivity index (χ3n) is 16.6. The van der Waals surface area contributed by atoms with Crippen LogP contribution in [0.1, 0.15) is 386 Å². The maximum atomic E-state index is 12.4. The lowest BCUT2D eigenvalue weighted by molar-refractivity contribution is -0.143. The summed E-state index contributed by atoms with van der Waals surface area (Å²) in [7, 11) is 0. The number of nitrogens with one attached hydrogen (secondary N) is 1. The number of amides is 1. The fourth-order valence-electron chi connectivity index (χ4n) is 11.1. The van der Waals surface area contributed by atoms with Crippen molar-refractivity contribution in [1.29, 1.82) is 0 Å². The summed E-state index contributed by atoms with van der Waals surface area (Å²) in [6.07, 6.45) is 90.7. The average Bonchev–Trinajstić information content (AvgIpc) is 3.46. The van der Waals surface area contributed by atoms with Gasteiger partial charge in [0, 0.05) is 12.8 Å². The zero-order valence-electron chi connectivity index (χ0n) is 53.8. The Labute approximate surface area is 499 Å². The number of unbranched alkanes of at least 4 members (excludes halogenated alkanes) is 50. The number of esters is 1. The van der Waals surface area contributed by atoms with E-state index in [2.05, 4.69) is 55.6 Å². The molecule has 0 bridgehead atoms. The van der Waals surface area contributed by atoms with Crippen LogP contribution in [0, 0.1) is 0 Å². The Morgan fingerprint density at radius 3 is 0.963 bits per heavy atom. The van der Waals surface area contributed by atoms with Gasteiger partial charge < -0.3 is 20.3 Å². The zero-order chi connectivity index (χ0) is 57.8. The highest BCUT2D eigenvalue weighted by Gasteiger charge is 2.18. The topological polar surface area (TPSA) is 95.9 Å². The first-order valence-corrected chi connectivity index (χ1v) is 35.9. The van der Waals surface area contributed by atoms with E-state index in [1.165, 1.54) is 308 Å². The molecule has 0 radical (unpaired) electrons. The minimum atomic E-state index is -0.842. The predicted octanol–water partition coefficient (Wildman–Crippen LogP) is 23.3. The van der Waals surface area contributed by atoms with Gasteiger partial charge in [-0.25, -0.2) is 0 Å². The van der Waals surface area contributed by atoms with Gasteiger partial charge in [0.2, 0.25) is 5.91 Å². The highest BCUT2D eigenvalue weighted by atomic mass is 16.5. The number of carbonyl (C=O) groups is 2. The lowest BCUT2D eigenvalue weighted by Crippen LogP contribution is -2.45. The average molecular weight is 1120 g/mol. The van der Waals surface area contributed by atoms with Gasteiger partial charge >= 0.3 is 5.97 Å². The van der Waals surface area contributed by atoms with Gasteiger partial charge in [-0.3, -0.25) is 9.59 Å². The van der Waals surface area contributed by atoms with E-state index in [0.717, 1.165) is 51.4 Å². The largest absolute Gasteiger partial charge is 0.466 e. The Hall–Kier alpha value is -2.18. The van der Waals surface area contributed by atoms with Crippen LogP contribution in [0.5, 0.6) is 0 Å². The Balaban J connectivity index is 3.36. The molecule has 0 spiro atoms. The Morgan fingerprint density at radius 2 is 0.625 bits per heavy atom. The molecular formula is C74H139NO5. The fraction of sp³-hybridized carbons (Fsp3) is 0.865. The summed E-state index contributed by atoms with van der Waals surface area (Å²) in [4.78, 5) is 24.6. The highest BCUT2D eigenvalue weighted by Crippen LogP contribution is 2.18. The summed E-state index contributed by atoms with van der Waals surface area (Å²) < 4.78 is 5.51. The van der Waals surface area contributed by atoms with Crippen molar-refractivity contribution in [2.24, 2.45) is 0 Å². The van der Waals surface area contributed by atoms with E-state index >= 15 is 0 Å². The molecule has 0 aliphatic heterocycles. The number of aliphatic hydroxyl groups excluding tert-OH is 2. The molecule has 0 aromatic heterocycles. The molecule has 3 N–H and O–H groups in total. The molecule has 470 valence electrons. The lowest BCUT2D eigenvalue weighted by Gasteiger charge is -2.20. The van der Waals surface area contributed by atoms with Crippen LogP contribution < -0.4 is 5.32 Å². The summed E-state index contributed by atoms with van der Waals surface area (Å²) in [6.45, 7) is 4.91. The van der Waals surface area contributed by atoms with Crippen molar-refractivity contribution in [1.82, 2.24) is 5.32 Å². The van der Waals surface area contributed by atoms with Crippen LogP contribution >= 0.6 is 0 Å². The molecule has 0 aromatic rings. The van der Waals surface area contributed by atoms with Crippen LogP contribution in [0.4, 0.5) is 0 Å². The minimum absolute atomic E-state index is 0.0136. The van der Waals surface area contributed by atoms with Crippen LogP contribution in [0.2, 0.25) is 0 Å². The number of carbonyl (C=O) groups excluding carboxylic acids is 2. The molecule has 0 aromatic carbocycles. The number of aliphatic hydroxyl groups is 2. The summed E-state index contributed by atoms with van der Waals surface area (Å²) >= 11 is 0. The van der Waals surface area contributed by atoms with E-state index in [1.54, 1.807) is 6.08 Å². The third-order valence-corrected chi connectivity index (χ3v) is 16.6. The fourth-order valence-corrected chi connectivity index (χ4v) is 11.1. The van der Waals surface area contributed by atoms with Crippen molar-refractivity contribution in [3.8, 4) is 0 Å². The van der Waals surface area contributed by atoms with Crippen molar-refractivity contribution >= 4 is 11.9 Å². The standard InChI is InChI=1S/C74H139NO5/c1-3-5-7-9-11-13-15-16-17-18-34-38-41-44-48-52-56-60-64-68-74(79)80-69-65-61-57-53-49-45-42-39-36-33-31-29-27-25-23-21-19-20-22-24-26-28-30-32-35-37-40-43-47-51-55-59-63-67-73(78)75-71(70-76)72(77)66-62-58-54-50-46-14-12-10-8-6-4-2/h16-17,23,25,29,31,62,66,71-72,76-77H,3-15,18-22,24,26-28,30,32-61,63-65,67-70H2,1-2H3,(H,75,78)/b17-16-,25-23-,31-29-,66-62+. The van der Waals surface area contributed by atoms with E-state index < -0.39 is 12.1 Å². The van der Waals surface area contributed by atoms with Crippen LogP contribution in [0.15, 0.2) is 48.6 Å².